The number of piperidine rings is 1. The number of phenols is 2. The largest absolute Gasteiger partial charge is 0.508 e. The van der Waals surface area contributed by atoms with Crippen molar-refractivity contribution in [3.8, 4) is 11.5 Å². The van der Waals surface area contributed by atoms with Crippen LogP contribution in [0.5, 0.6) is 11.5 Å². The van der Waals surface area contributed by atoms with Gasteiger partial charge < -0.3 is 19.8 Å². The number of phenolic OH excluding ortho intramolecular Hbond substituents is 2. The van der Waals surface area contributed by atoms with Crippen molar-refractivity contribution in [3.63, 3.8) is 0 Å². The number of nitrogens with one attached hydrogen (secondary N) is 1. The number of rotatable bonds is 6. The first kappa shape index (κ1) is 27.3. The third kappa shape index (κ3) is 8.16. The number of hydrogen-bond donors (Lipinski definition) is 3. The molecule has 196 valence electrons. The summed E-state index contributed by atoms with van der Waals surface area (Å²) in [6, 6.07) is 2.50. The molecule has 0 radical (unpaired) electrons. The molecule has 2 unspecified atom stereocenters. The number of amides is 1. The molecule has 1 fully saturated rings. The molecule has 0 saturated carbocycles. The van der Waals surface area contributed by atoms with Gasteiger partial charge >= 0.3 is 5.97 Å². The van der Waals surface area contributed by atoms with Gasteiger partial charge in [-0.2, -0.15) is 0 Å². The maximum absolute atomic E-state index is 13.1. The lowest BCUT2D eigenvalue weighted by Gasteiger charge is -2.26. The lowest BCUT2D eigenvalue weighted by molar-refractivity contribution is -0.139. The van der Waals surface area contributed by atoms with Crippen molar-refractivity contribution in [1.29, 1.82) is 0 Å². The van der Waals surface area contributed by atoms with E-state index in [1.165, 1.54) is 6.07 Å². The summed E-state index contributed by atoms with van der Waals surface area (Å²) in [5.74, 6) is -1.05. The SMILES string of the molecule is CCCC1CC=CC(C)CC=C/C(NOCC(=O)N2CCCCC2)=C/c2cc(O)cc(O)c2C(=O)O1. The molecule has 0 bridgehead atoms. The number of hydroxylamine groups is 1. The molecule has 1 amide bonds. The Labute approximate surface area is 213 Å². The topological polar surface area (TPSA) is 108 Å². The molecule has 1 aromatic carbocycles. The standard InChI is InChI=1S/C28H38N2O6/c1-3-9-24-13-8-11-20(2)10-7-12-22(29-35-19-26(33)30-14-5-4-6-15-30)16-21-17-23(31)18-25(32)27(21)28(34)36-24/h7-8,11-12,16-18,20,24,29,31-32H,3-6,9-10,13-15,19H2,1-2H3/b11-8?,12-7?,22-16-. The van der Waals surface area contributed by atoms with E-state index in [-0.39, 0.29) is 47.2 Å². The van der Waals surface area contributed by atoms with Gasteiger partial charge in [0.05, 0.1) is 5.70 Å². The molecule has 0 aliphatic carbocycles. The van der Waals surface area contributed by atoms with Crippen LogP contribution in [0.1, 0.15) is 74.7 Å². The third-order valence-corrected chi connectivity index (χ3v) is 6.30. The number of esters is 1. The predicted molar refractivity (Wildman–Crippen MR) is 138 cm³/mol. The van der Waals surface area contributed by atoms with Gasteiger partial charge in [0.2, 0.25) is 0 Å². The lowest BCUT2D eigenvalue weighted by atomic mass is 10.0. The molecule has 2 heterocycles. The highest BCUT2D eigenvalue weighted by Crippen LogP contribution is 2.30. The summed E-state index contributed by atoms with van der Waals surface area (Å²) in [5.41, 5.74) is 3.49. The maximum atomic E-state index is 13.1. The van der Waals surface area contributed by atoms with Gasteiger partial charge in [-0.25, -0.2) is 4.79 Å². The smallest absolute Gasteiger partial charge is 0.342 e. The molecule has 1 aromatic rings. The first-order chi connectivity index (χ1) is 17.4. The van der Waals surface area contributed by atoms with Crippen molar-refractivity contribution in [2.75, 3.05) is 19.7 Å². The van der Waals surface area contributed by atoms with Crippen LogP contribution in [0.4, 0.5) is 0 Å². The quantitative estimate of drug-likeness (QED) is 0.293. The second kappa shape index (κ2) is 13.7. The Balaban J connectivity index is 1.87. The number of nitrogens with zero attached hydrogens (tertiary/aromatic N) is 1. The van der Waals surface area contributed by atoms with E-state index in [4.69, 9.17) is 9.57 Å². The van der Waals surface area contributed by atoms with E-state index in [0.717, 1.165) is 51.3 Å². The van der Waals surface area contributed by atoms with Crippen LogP contribution < -0.4 is 5.48 Å². The number of fused-ring (bicyclic) bond motifs is 1. The molecule has 2 aliphatic rings. The molecular formula is C28H38N2O6. The molecule has 8 nitrogen and oxygen atoms in total. The molecule has 8 heteroatoms. The van der Waals surface area contributed by atoms with Crippen LogP contribution in [0.3, 0.4) is 0 Å². The molecule has 2 aliphatic heterocycles. The first-order valence-corrected chi connectivity index (χ1v) is 12.8. The summed E-state index contributed by atoms with van der Waals surface area (Å²) in [4.78, 5) is 32.9. The predicted octanol–water partition coefficient (Wildman–Crippen LogP) is 4.84. The number of aromatic hydroxyl groups is 2. The van der Waals surface area contributed by atoms with Crippen LogP contribution >= 0.6 is 0 Å². The first-order valence-electron chi connectivity index (χ1n) is 12.8. The Morgan fingerprint density at radius 2 is 1.94 bits per heavy atom. The van der Waals surface area contributed by atoms with Crippen LogP contribution in [0, 0.1) is 5.92 Å². The van der Waals surface area contributed by atoms with Gasteiger partial charge in [0.25, 0.3) is 5.91 Å². The van der Waals surface area contributed by atoms with Crippen LogP contribution in [-0.4, -0.2) is 52.8 Å². The zero-order chi connectivity index (χ0) is 25.9. The molecule has 0 aromatic heterocycles. The minimum Gasteiger partial charge on any atom is -0.508 e. The second-order valence-electron chi connectivity index (χ2n) is 9.46. The summed E-state index contributed by atoms with van der Waals surface area (Å²) in [5, 5.41) is 20.6. The van der Waals surface area contributed by atoms with Gasteiger partial charge in [-0.3, -0.25) is 15.1 Å². The fraction of sp³-hybridized carbons (Fsp3) is 0.500. The molecule has 36 heavy (non-hydrogen) atoms. The van der Waals surface area contributed by atoms with Gasteiger partial charge in [-0.05, 0) is 61.8 Å². The normalized spacial score (nSPS) is 22.7. The number of hydrogen-bond acceptors (Lipinski definition) is 7. The van der Waals surface area contributed by atoms with E-state index in [9.17, 15) is 19.8 Å². The molecule has 2 atom stereocenters. The summed E-state index contributed by atoms with van der Waals surface area (Å²) in [6.45, 7) is 5.47. The average molecular weight is 499 g/mol. The third-order valence-electron chi connectivity index (χ3n) is 6.30. The zero-order valence-electron chi connectivity index (χ0n) is 21.2. The Kier molecular flexibility index (Phi) is 10.4. The number of carbonyl (C=O) groups is 2. The highest BCUT2D eigenvalue weighted by molar-refractivity contribution is 5.97. The Morgan fingerprint density at radius 3 is 2.69 bits per heavy atom. The van der Waals surface area contributed by atoms with Gasteiger partial charge in [0, 0.05) is 25.6 Å². The van der Waals surface area contributed by atoms with Gasteiger partial charge in [-0.15, -0.1) is 0 Å². The van der Waals surface area contributed by atoms with Gasteiger partial charge in [-0.1, -0.05) is 38.5 Å². The monoisotopic (exact) mass is 498 g/mol. The summed E-state index contributed by atoms with van der Waals surface area (Å²) in [7, 11) is 0. The minimum absolute atomic E-state index is 0.0413. The number of carbonyl (C=O) groups excluding carboxylic acids is 2. The van der Waals surface area contributed by atoms with Crippen LogP contribution in [0.2, 0.25) is 0 Å². The molecule has 3 N–H and O–H groups in total. The van der Waals surface area contributed by atoms with E-state index >= 15 is 0 Å². The van der Waals surface area contributed by atoms with Crippen LogP contribution in [0.15, 0.2) is 42.1 Å². The summed E-state index contributed by atoms with van der Waals surface area (Å²) >= 11 is 0. The molecular weight excluding hydrogens is 460 g/mol. The Morgan fingerprint density at radius 1 is 1.17 bits per heavy atom. The molecule has 1 saturated heterocycles. The van der Waals surface area contributed by atoms with Gasteiger partial charge in [0.15, 0.2) is 6.61 Å². The molecule has 0 spiro atoms. The lowest BCUT2D eigenvalue weighted by Crippen LogP contribution is -2.39. The number of ether oxygens (including phenoxy) is 1. The van der Waals surface area contributed by atoms with E-state index in [1.807, 2.05) is 19.1 Å². The van der Waals surface area contributed by atoms with Crippen molar-refractivity contribution >= 4 is 18.0 Å². The average Bonchev–Trinajstić information content (AvgIpc) is 2.83. The maximum Gasteiger partial charge on any atom is 0.342 e. The van der Waals surface area contributed by atoms with Crippen molar-refractivity contribution in [3.05, 3.63) is 53.3 Å². The van der Waals surface area contributed by atoms with Crippen molar-refractivity contribution < 1.29 is 29.4 Å². The highest BCUT2D eigenvalue weighted by Gasteiger charge is 2.22. The van der Waals surface area contributed by atoms with E-state index < -0.39 is 5.97 Å². The van der Waals surface area contributed by atoms with E-state index in [0.29, 0.717) is 18.5 Å². The van der Waals surface area contributed by atoms with Crippen LogP contribution in [-0.2, 0) is 14.4 Å². The Bertz CT molecular complexity index is 994. The number of allylic oxidation sites excluding steroid dienone is 3. The van der Waals surface area contributed by atoms with Crippen LogP contribution in [0.25, 0.3) is 6.08 Å². The fourth-order valence-corrected chi connectivity index (χ4v) is 4.37. The molecule has 3 rings (SSSR count). The number of cyclic esters (lactones) is 1. The summed E-state index contributed by atoms with van der Waals surface area (Å²) in [6.07, 6.45) is 15.2. The fourth-order valence-electron chi connectivity index (χ4n) is 4.37. The van der Waals surface area contributed by atoms with E-state index in [2.05, 4.69) is 18.5 Å². The van der Waals surface area contributed by atoms with E-state index in [1.54, 1.807) is 17.1 Å². The zero-order valence-corrected chi connectivity index (χ0v) is 21.2. The van der Waals surface area contributed by atoms with Crippen molar-refractivity contribution in [2.24, 2.45) is 5.92 Å². The van der Waals surface area contributed by atoms with Gasteiger partial charge in [0.1, 0.15) is 23.2 Å². The number of likely N-dealkylation sites (tertiary alicyclic amines) is 1. The number of benzene rings is 1. The highest BCUT2D eigenvalue weighted by atomic mass is 16.6. The van der Waals surface area contributed by atoms with Crippen molar-refractivity contribution in [1.82, 2.24) is 10.4 Å². The van der Waals surface area contributed by atoms with Crippen molar-refractivity contribution in [2.45, 2.75) is 64.9 Å². The Hall–Kier alpha value is -3.26. The summed E-state index contributed by atoms with van der Waals surface area (Å²) < 4.78 is 5.75. The second-order valence-corrected chi connectivity index (χ2v) is 9.46. The minimum atomic E-state index is -0.666.